The van der Waals surface area contributed by atoms with Gasteiger partial charge in [0.05, 0.1) is 5.56 Å². The van der Waals surface area contributed by atoms with Crippen molar-refractivity contribution in [2.45, 2.75) is 41.6 Å². The summed E-state index contributed by atoms with van der Waals surface area (Å²) < 4.78 is 61.5. The number of hydrogen-bond donors (Lipinski definition) is 1. The summed E-state index contributed by atoms with van der Waals surface area (Å²) in [5.74, 6) is -0.213. The van der Waals surface area contributed by atoms with E-state index in [1.165, 1.54) is 25.6 Å². The van der Waals surface area contributed by atoms with Crippen LogP contribution in [0.1, 0.15) is 25.0 Å². The van der Waals surface area contributed by atoms with Crippen LogP contribution in [0.5, 0.6) is 0 Å². The highest BCUT2D eigenvalue weighted by molar-refractivity contribution is 7.99. The van der Waals surface area contributed by atoms with Crippen LogP contribution in [0.15, 0.2) is 52.5 Å². The molecule has 0 fully saturated rings. The Balaban J connectivity index is 2.03. The van der Waals surface area contributed by atoms with Crippen molar-refractivity contribution in [3.8, 4) is 0 Å². The van der Waals surface area contributed by atoms with Gasteiger partial charge in [-0.1, -0.05) is 18.2 Å². The zero-order chi connectivity index (χ0) is 21.9. The topological polar surface area (TPSA) is 76.1 Å². The third kappa shape index (κ3) is 5.30. The Bertz CT molecular complexity index is 973. The largest absolute Gasteiger partial charge is 0.417 e. The number of aryl methyl sites for hydroxylation is 1. The van der Waals surface area contributed by atoms with Crippen LogP contribution in [0.4, 0.5) is 13.2 Å². The van der Waals surface area contributed by atoms with Crippen molar-refractivity contribution >= 4 is 27.5 Å². The Morgan fingerprint density at radius 3 is 2.34 bits per heavy atom. The highest BCUT2D eigenvalue weighted by Gasteiger charge is 2.44. The second-order valence-electron chi connectivity index (χ2n) is 6.77. The van der Waals surface area contributed by atoms with E-state index >= 15 is 0 Å². The van der Waals surface area contributed by atoms with Crippen LogP contribution >= 0.6 is 11.8 Å². The molecule has 1 amide bonds. The van der Waals surface area contributed by atoms with Gasteiger partial charge in [-0.2, -0.15) is 13.2 Å². The minimum absolute atomic E-state index is 0.233. The highest BCUT2D eigenvalue weighted by atomic mass is 32.2. The maximum Gasteiger partial charge on any atom is 0.417 e. The van der Waals surface area contributed by atoms with Crippen molar-refractivity contribution in [1.82, 2.24) is 10.3 Å². The van der Waals surface area contributed by atoms with E-state index in [0.717, 1.165) is 16.5 Å². The molecule has 0 saturated heterocycles. The van der Waals surface area contributed by atoms with Crippen molar-refractivity contribution in [2.75, 3.05) is 12.3 Å². The Morgan fingerprint density at radius 1 is 1.14 bits per heavy atom. The van der Waals surface area contributed by atoms with E-state index in [2.05, 4.69) is 10.3 Å². The number of sulfone groups is 1. The number of hydrogen-bond acceptors (Lipinski definition) is 5. The van der Waals surface area contributed by atoms with Gasteiger partial charge >= 0.3 is 6.18 Å². The number of carbonyl (C=O) groups is 1. The van der Waals surface area contributed by atoms with E-state index < -0.39 is 37.3 Å². The van der Waals surface area contributed by atoms with Crippen LogP contribution in [0.2, 0.25) is 0 Å². The van der Waals surface area contributed by atoms with E-state index in [1.807, 2.05) is 31.2 Å². The van der Waals surface area contributed by atoms with E-state index in [0.29, 0.717) is 18.0 Å². The molecule has 1 N–H and O–H groups in total. The predicted octanol–water partition coefficient (Wildman–Crippen LogP) is 3.87. The molecule has 0 aliphatic rings. The summed E-state index contributed by atoms with van der Waals surface area (Å²) in [7, 11) is -4.29. The van der Waals surface area contributed by atoms with Crippen molar-refractivity contribution in [1.29, 1.82) is 0 Å². The molecule has 0 unspecified atom stereocenters. The fourth-order valence-corrected chi connectivity index (χ4v) is 4.52. The lowest BCUT2D eigenvalue weighted by Crippen LogP contribution is -2.48. The van der Waals surface area contributed by atoms with Gasteiger partial charge in [0.25, 0.3) is 0 Å². The molecule has 0 spiro atoms. The van der Waals surface area contributed by atoms with Crippen molar-refractivity contribution in [3.63, 3.8) is 0 Å². The maximum atomic E-state index is 12.7. The zero-order valence-electron chi connectivity index (χ0n) is 16.1. The van der Waals surface area contributed by atoms with E-state index in [1.54, 1.807) is 0 Å². The molecule has 0 atom stereocenters. The van der Waals surface area contributed by atoms with E-state index in [-0.39, 0.29) is 6.54 Å². The standard InChI is InChI=1S/C19H21F3N2O3S2/c1-13-6-4-5-7-15(13)28-11-10-23-17(25)18(2,3)29(26,27)16-9-8-14(12-24-16)19(20,21)22/h4-9,12H,10-11H2,1-3H3,(H,23,25). The smallest absolute Gasteiger partial charge is 0.354 e. The summed E-state index contributed by atoms with van der Waals surface area (Å²) in [6.45, 7) is 4.60. The number of aromatic nitrogens is 1. The van der Waals surface area contributed by atoms with Gasteiger partial charge in [0.1, 0.15) is 0 Å². The third-order valence-corrected chi connectivity index (χ3v) is 7.79. The molecule has 158 valence electrons. The second kappa shape index (κ2) is 8.74. The molecule has 0 saturated carbocycles. The number of rotatable bonds is 7. The van der Waals surface area contributed by atoms with Crippen LogP contribution in [0, 0.1) is 6.92 Å². The Hall–Kier alpha value is -2.07. The van der Waals surface area contributed by atoms with E-state index in [9.17, 15) is 26.4 Å². The van der Waals surface area contributed by atoms with Crippen LogP contribution in [0.3, 0.4) is 0 Å². The number of amides is 1. The van der Waals surface area contributed by atoms with Gasteiger partial charge in [-0.15, -0.1) is 11.8 Å². The minimum Gasteiger partial charge on any atom is -0.354 e. The molecule has 5 nitrogen and oxygen atoms in total. The Kier molecular flexibility index (Phi) is 7.00. The van der Waals surface area contributed by atoms with Gasteiger partial charge in [0, 0.05) is 23.4 Å². The molecule has 2 rings (SSSR count). The van der Waals surface area contributed by atoms with Gasteiger partial charge in [-0.25, -0.2) is 13.4 Å². The number of alkyl halides is 3. The fraction of sp³-hybridized carbons (Fsp3) is 0.368. The van der Waals surface area contributed by atoms with Gasteiger partial charge in [-0.3, -0.25) is 4.79 Å². The summed E-state index contributed by atoms with van der Waals surface area (Å²) in [5, 5.41) is 1.99. The van der Waals surface area contributed by atoms with Gasteiger partial charge < -0.3 is 5.32 Å². The maximum absolute atomic E-state index is 12.7. The van der Waals surface area contributed by atoms with Gasteiger partial charge in [0.15, 0.2) is 9.77 Å². The molecule has 0 radical (unpaired) electrons. The molecule has 0 bridgehead atoms. The first-order valence-electron chi connectivity index (χ1n) is 8.62. The second-order valence-corrected chi connectivity index (χ2v) is 10.3. The molecule has 1 heterocycles. The fourth-order valence-electron chi connectivity index (χ4n) is 2.35. The summed E-state index contributed by atoms with van der Waals surface area (Å²) in [5.41, 5.74) is 0.0343. The summed E-state index contributed by atoms with van der Waals surface area (Å²) in [4.78, 5) is 17.0. The Labute approximate surface area is 172 Å². The summed E-state index contributed by atoms with van der Waals surface area (Å²) in [6, 6.07) is 9.14. The van der Waals surface area contributed by atoms with Crippen LogP contribution < -0.4 is 5.32 Å². The number of nitrogens with zero attached hydrogens (tertiary/aromatic N) is 1. The lowest BCUT2D eigenvalue weighted by Gasteiger charge is -2.23. The van der Waals surface area contributed by atoms with Crippen molar-refractivity contribution in [2.24, 2.45) is 0 Å². The van der Waals surface area contributed by atoms with Crippen molar-refractivity contribution < 1.29 is 26.4 Å². The molecule has 2 aromatic rings. The minimum atomic E-state index is -4.63. The SMILES string of the molecule is Cc1ccccc1SCCNC(=O)C(C)(C)S(=O)(=O)c1ccc(C(F)(F)F)cn1. The van der Waals surface area contributed by atoms with E-state index in [4.69, 9.17) is 0 Å². The molecular weight excluding hydrogens is 425 g/mol. The lowest BCUT2D eigenvalue weighted by molar-refractivity contribution is -0.137. The van der Waals surface area contributed by atoms with Gasteiger partial charge in [0.2, 0.25) is 15.7 Å². The third-order valence-electron chi connectivity index (χ3n) is 4.30. The first-order valence-corrected chi connectivity index (χ1v) is 11.1. The average Bonchev–Trinajstić information content (AvgIpc) is 2.65. The number of nitrogens with one attached hydrogen (secondary N) is 1. The molecule has 1 aromatic heterocycles. The van der Waals surface area contributed by atoms with Crippen LogP contribution in [-0.4, -0.2) is 36.4 Å². The van der Waals surface area contributed by atoms with Crippen LogP contribution in [-0.2, 0) is 20.8 Å². The first-order chi connectivity index (χ1) is 13.4. The predicted molar refractivity (Wildman–Crippen MR) is 105 cm³/mol. The summed E-state index contributed by atoms with van der Waals surface area (Å²) in [6.07, 6.45) is -4.18. The zero-order valence-corrected chi connectivity index (χ0v) is 17.7. The molecular formula is C19H21F3N2O3S2. The Morgan fingerprint density at radius 2 is 1.79 bits per heavy atom. The number of benzene rings is 1. The monoisotopic (exact) mass is 446 g/mol. The van der Waals surface area contributed by atoms with Crippen molar-refractivity contribution in [3.05, 3.63) is 53.7 Å². The van der Waals surface area contributed by atoms with Crippen LogP contribution in [0.25, 0.3) is 0 Å². The molecule has 0 aliphatic carbocycles. The molecule has 1 aromatic carbocycles. The number of carbonyl (C=O) groups excluding carboxylic acids is 1. The highest BCUT2D eigenvalue weighted by Crippen LogP contribution is 2.30. The average molecular weight is 447 g/mol. The number of pyridine rings is 1. The van der Waals surface area contributed by atoms with Gasteiger partial charge in [-0.05, 0) is 44.5 Å². The molecule has 29 heavy (non-hydrogen) atoms. The molecule has 10 heteroatoms. The number of thioether (sulfide) groups is 1. The summed E-state index contributed by atoms with van der Waals surface area (Å²) >= 11 is 1.52. The normalized spacial score (nSPS) is 12.6. The quantitative estimate of drug-likeness (QED) is 0.516. The lowest BCUT2D eigenvalue weighted by atomic mass is 10.2. The first kappa shape index (κ1) is 23.2. The molecule has 0 aliphatic heterocycles. The number of halogens is 3.